The molecule has 7 heteroatoms. The van der Waals surface area contributed by atoms with Crippen LogP contribution in [0.2, 0.25) is 0 Å². The van der Waals surface area contributed by atoms with Crippen LogP contribution in [0.4, 0.5) is 0 Å². The van der Waals surface area contributed by atoms with Gasteiger partial charge < -0.3 is 9.84 Å². The highest BCUT2D eigenvalue weighted by atomic mass is 16.5. The van der Waals surface area contributed by atoms with Gasteiger partial charge in [-0.1, -0.05) is 0 Å². The van der Waals surface area contributed by atoms with Crippen molar-refractivity contribution in [3.8, 4) is 17.1 Å². The number of hydrogen-bond acceptors (Lipinski definition) is 6. The van der Waals surface area contributed by atoms with E-state index in [4.69, 9.17) is 4.74 Å². The summed E-state index contributed by atoms with van der Waals surface area (Å²) in [6.07, 6.45) is 4.29. The van der Waals surface area contributed by atoms with Gasteiger partial charge in [0.1, 0.15) is 5.75 Å². The molecule has 7 nitrogen and oxygen atoms in total. The van der Waals surface area contributed by atoms with Crippen LogP contribution in [0.1, 0.15) is 36.4 Å². The van der Waals surface area contributed by atoms with Gasteiger partial charge in [-0.25, -0.2) is 9.97 Å². The van der Waals surface area contributed by atoms with E-state index in [1.165, 1.54) is 0 Å². The Morgan fingerprint density at radius 1 is 1.14 bits per heavy atom. The zero-order valence-electron chi connectivity index (χ0n) is 16.2. The Bertz CT molecular complexity index is 919. The van der Waals surface area contributed by atoms with Crippen molar-refractivity contribution >= 4 is 0 Å². The highest BCUT2D eigenvalue weighted by molar-refractivity contribution is 5.55. The van der Waals surface area contributed by atoms with Crippen LogP contribution in [0.5, 0.6) is 5.75 Å². The molecule has 28 heavy (non-hydrogen) atoms. The summed E-state index contributed by atoms with van der Waals surface area (Å²) in [6, 6.07) is 9.75. The highest BCUT2D eigenvalue weighted by Gasteiger charge is 2.18. The second kappa shape index (κ2) is 8.08. The number of aliphatic hydroxyl groups excluding tert-OH is 1. The summed E-state index contributed by atoms with van der Waals surface area (Å²) < 4.78 is 7.21. The molecule has 0 bridgehead atoms. The van der Waals surface area contributed by atoms with E-state index >= 15 is 0 Å². The topological polar surface area (TPSA) is 76.3 Å². The van der Waals surface area contributed by atoms with Gasteiger partial charge in [-0.3, -0.25) is 9.58 Å². The van der Waals surface area contributed by atoms with E-state index in [0.29, 0.717) is 5.82 Å². The molecule has 2 aromatic heterocycles. The molecule has 1 aliphatic heterocycles. The molecule has 1 unspecified atom stereocenters. The highest BCUT2D eigenvalue weighted by Crippen LogP contribution is 2.21. The van der Waals surface area contributed by atoms with Gasteiger partial charge in [0.15, 0.2) is 5.82 Å². The second-order valence-electron chi connectivity index (χ2n) is 7.17. The van der Waals surface area contributed by atoms with Crippen molar-refractivity contribution < 1.29 is 9.84 Å². The number of fused-ring (bicyclic) bond motifs is 1. The molecular formula is C21H25N5O2. The maximum atomic E-state index is 9.78. The molecule has 3 heterocycles. The number of ether oxygens (including phenoxy) is 1. The lowest BCUT2D eigenvalue weighted by atomic mass is 10.2. The fraction of sp³-hybridized carbons (Fsp3) is 0.381. The monoisotopic (exact) mass is 379 g/mol. The zero-order chi connectivity index (χ0) is 19.5. The number of rotatable bonds is 5. The van der Waals surface area contributed by atoms with Crippen LogP contribution >= 0.6 is 0 Å². The normalized spacial score (nSPS) is 15.7. The lowest BCUT2D eigenvalue weighted by Crippen LogP contribution is -2.23. The van der Waals surface area contributed by atoms with E-state index in [1.54, 1.807) is 14.0 Å². The number of aliphatic hydroxyl groups is 1. The molecule has 0 aliphatic carbocycles. The zero-order valence-corrected chi connectivity index (χ0v) is 16.2. The van der Waals surface area contributed by atoms with E-state index in [1.807, 2.05) is 47.4 Å². The molecule has 1 N–H and O–H groups in total. The van der Waals surface area contributed by atoms with Gasteiger partial charge in [-0.2, -0.15) is 5.10 Å². The fourth-order valence-corrected chi connectivity index (χ4v) is 3.47. The standard InChI is InChI=1S/C21H25N5O2/c1-15(27)20-10-18-14-25(8-3-9-26(18)24-20)13-16-11-22-21(23-12-16)17-4-6-19(28-2)7-5-17/h4-7,10-12,15,27H,3,8-9,13-14H2,1-2H3. The van der Waals surface area contributed by atoms with E-state index < -0.39 is 6.10 Å². The minimum absolute atomic E-state index is 0.535. The minimum atomic E-state index is -0.535. The number of aromatic nitrogens is 4. The van der Waals surface area contributed by atoms with Crippen molar-refractivity contribution in [1.82, 2.24) is 24.6 Å². The van der Waals surface area contributed by atoms with Gasteiger partial charge in [-0.15, -0.1) is 0 Å². The van der Waals surface area contributed by atoms with Gasteiger partial charge in [0.05, 0.1) is 24.6 Å². The number of benzene rings is 1. The summed E-state index contributed by atoms with van der Waals surface area (Å²) in [5.74, 6) is 1.53. The predicted molar refractivity (Wildman–Crippen MR) is 106 cm³/mol. The number of aryl methyl sites for hydroxylation is 1. The van der Waals surface area contributed by atoms with Crippen LogP contribution in [-0.2, 0) is 19.6 Å². The lowest BCUT2D eigenvalue weighted by molar-refractivity contribution is 0.193. The maximum Gasteiger partial charge on any atom is 0.159 e. The molecule has 1 aromatic carbocycles. The Kier molecular flexibility index (Phi) is 5.36. The quantitative estimate of drug-likeness (QED) is 0.735. The van der Waals surface area contributed by atoms with Gasteiger partial charge >= 0.3 is 0 Å². The van der Waals surface area contributed by atoms with Crippen LogP contribution < -0.4 is 4.74 Å². The van der Waals surface area contributed by atoms with Crippen LogP contribution in [0, 0.1) is 0 Å². The molecule has 0 amide bonds. The first kappa shape index (κ1) is 18.6. The van der Waals surface area contributed by atoms with Crippen molar-refractivity contribution in [2.75, 3.05) is 13.7 Å². The molecule has 0 spiro atoms. The van der Waals surface area contributed by atoms with E-state index in [0.717, 1.165) is 60.9 Å². The molecule has 0 saturated carbocycles. The van der Waals surface area contributed by atoms with Crippen LogP contribution in [0.3, 0.4) is 0 Å². The van der Waals surface area contributed by atoms with Crippen molar-refractivity contribution in [2.45, 2.75) is 39.1 Å². The third kappa shape index (κ3) is 4.05. The molecule has 0 fully saturated rings. The Morgan fingerprint density at radius 2 is 1.89 bits per heavy atom. The van der Waals surface area contributed by atoms with Gasteiger partial charge in [-0.05, 0) is 43.7 Å². The Balaban J connectivity index is 1.44. The van der Waals surface area contributed by atoms with Crippen molar-refractivity contribution in [3.05, 3.63) is 59.7 Å². The molecule has 0 saturated heterocycles. The molecule has 0 radical (unpaired) electrons. The number of methoxy groups -OCH3 is 1. The number of hydrogen-bond donors (Lipinski definition) is 1. The summed E-state index contributed by atoms with van der Waals surface area (Å²) in [6.45, 7) is 5.22. The molecule has 3 aromatic rings. The summed E-state index contributed by atoms with van der Waals surface area (Å²) >= 11 is 0. The van der Waals surface area contributed by atoms with E-state index in [2.05, 4.69) is 20.0 Å². The van der Waals surface area contributed by atoms with Crippen LogP contribution in [0.15, 0.2) is 42.7 Å². The average Bonchev–Trinajstić information content (AvgIpc) is 3.02. The van der Waals surface area contributed by atoms with Crippen molar-refractivity contribution in [2.24, 2.45) is 0 Å². The summed E-state index contributed by atoms with van der Waals surface area (Å²) in [5.41, 5.74) is 3.94. The number of nitrogens with zero attached hydrogens (tertiary/aromatic N) is 5. The van der Waals surface area contributed by atoms with Crippen LogP contribution in [-0.4, -0.2) is 43.4 Å². The lowest BCUT2D eigenvalue weighted by Gasteiger charge is -2.19. The molecular weight excluding hydrogens is 354 g/mol. The maximum absolute atomic E-state index is 9.78. The minimum Gasteiger partial charge on any atom is -0.497 e. The van der Waals surface area contributed by atoms with Crippen molar-refractivity contribution in [1.29, 1.82) is 0 Å². The molecule has 146 valence electrons. The first-order valence-corrected chi connectivity index (χ1v) is 9.55. The SMILES string of the molecule is COc1ccc(-c2ncc(CN3CCCn4nc(C(C)O)cc4C3)cn2)cc1. The van der Waals surface area contributed by atoms with Crippen molar-refractivity contribution in [3.63, 3.8) is 0 Å². The Labute approximate surface area is 164 Å². The predicted octanol–water partition coefficient (Wildman–Crippen LogP) is 2.81. The fourth-order valence-electron chi connectivity index (χ4n) is 3.47. The Hall–Kier alpha value is -2.77. The summed E-state index contributed by atoms with van der Waals surface area (Å²) in [7, 11) is 1.65. The van der Waals surface area contributed by atoms with E-state index in [-0.39, 0.29) is 0 Å². The average molecular weight is 379 g/mol. The third-order valence-electron chi connectivity index (χ3n) is 5.00. The molecule has 1 atom stereocenters. The Morgan fingerprint density at radius 3 is 2.57 bits per heavy atom. The van der Waals surface area contributed by atoms with Gasteiger partial charge in [0.2, 0.25) is 0 Å². The van der Waals surface area contributed by atoms with E-state index in [9.17, 15) is 5.11 Å². The molecule has 4 rings (SSSR count). The van der Waals surface area contributed by atoms with Gasteiger partial charge in [0.25, 0.3) is 0 Å². The summed E-state index contributed by atoms with van der Waals surface area (Å²) in [4.78, 5) is 11.4. The second-order valence-corrected chi connectivity index (χ2v) is 7.17. The summed E-state index contributed by atoms with van der Waals surface area (Å²) in [5, 5.41) is 14.3. The first-order chi connectivity index (χ1) is 13.6. The first-order valence-electron chi connectivity index (χ1n) is 9.55. The largest absolute Gasteiger partial charge is 0.497 e. The van der Waals surface area contributed by atoms with Gasteiger partial charge in [0, 0.05) is 49.7 Å². The third-order valence-corrected chi connectivity index (χ3v) is 5.00. The smallest absolute Gasteiger partial charge is 0.159 e. The molecule has 1 aliphatic rings. The van der Waals surface area contributed by atoms with Crippen LogP contribution in [0.25, 0.3) is 11.4 Å².